The molecule has 0 atom stereocenters. The van der Waals surface area contributed by atoms with Crippen LogP contribution in [-0.4, -0.2) is 73.0 Å². The van der Waals surface area contributed by atoms with Crippen LogP contribution in [-0.2, 0) is 29.6 Å². The first kappa shape index (κ1) is 30.5. The van der Waals surface area contributed by atoms with Crippen LogP contribution in [0.4, 0.5) is 5.69 Å². The minimum atomic E-state index is -4.02. The maximum Gasteiger partial charge on any atom is 0.264 e. The third-order valence-corrected chi connectivity index (χ3v) is 10.3. The molecule has 1 N–H and O–H groups in total. The Labute approximate surface area is 242 Å². The lowest BCUT2D eigenvalue weighted by Crippen LogP contribution is -2.42. The average Bonchev–Trinajstić information content (AvgIpc) is 2.95. The van der Waals surface area contributed by atoms with Gasteiger partial charge in [-0.05, 0) is 68.8 Å². The number of nitrogens with zero attached hydrogens (tertiary/aromatic N) is 2. The number of ether oxygens (including phenoxy) is 2. The van der Waals surface area contributed by atoms with Gasteiger partial charge in [-0.3, -0.25) is 9.10 Å². The van der Waals surface area contributed by atoms with Crippen molar-refractivity contribution >= 4 is 31.6 Å². The van der Waals surface area contributed by atoms with Crippen LogP contribution in [0.15, 0.2) is 76.5 Å². The molecule has 0 saturated carbocycles. The van der Waals surface area contributed by atoms with Gasteiger partial charge in [0.05, 0.1) is 35.2 Å². The fraction of sp³-hybridized carbons (Fsp3) is 0.345. The molecular formula is C29H35N3O7S2. The normalized spacial score (nSPS) is 14.4. The third-order valence-electron chi connectivity index (χ3n) is 6.64. The Bertz CT molecular complexity index is 1570. The van der Waals surface area contributed by atoms with Gasteiger partial charge >= 0.3 is 0 Å². The molecule has 4 rings (SSSR count). The van der Waals surface area contributed by atoms with Crippen molar-refractivity contribution in [3.05, 3.63) is 83.4 Å². The molecule has 0 unspecified atom stereocenters. The van der Waals surface area contributed by atoms with Gasteiger partial charge in [-0.1, -0.05) is 35.4 Å². The number of sulfonamides is 2. The highest BCUT2D eigenvalue weighted by atomic mass is 32.2. The minimum absolute atomic E-state index is 0.0956. The SMILES string of the molecule is Cc1ccc(S(=O)(=O)N(CC(=O)NCCOc2ccc(S(=O)(=O)N3CCOCC3)cc2)c2ccc(C)cc2C)cc1. The molecule has 220 valence electrons. The van der Waals surface area contributed by atoms with Crippen LogP contribution in [0.25, 0.3) is 0 Å². The van der Waals surface area contributed by atoms with Crippen LogP contribution in [0.1, 0.15) is 16.7 Å². The third kappa shape index (κ3) is 7.45. The predicted molar refractivity (Wildman–Crippen MR) is 156 cm³/mol. The molecule has 1 fully saturated rings. The summed E-state index contributed by atoms with van der Waals surface area (Å²) in [5.41, 5.74) is 3.06. The lowest BCUT2D eigenvalue weighted by Gasteiger charge is -2.26. The van der Waals surface area contributed by atoms with Crippen LogP contribution < -0.4 is 14.4 Å². The van der Waals surface area contributed by atoms with E-state index >= 15 is 0 Å². The molecular weight excluding hydrogens is 566 g/mol. The monoisotopic (exact) mass is 601 g/mol. The summed E-state index contributed by atoms with van der Waals surface area (Å²) in [5, 5.41) is 2.71. The largest absolute Gasteiger partial charge is 0.492 e. The minimum Gasteiger partial charge on any atom is -0.492 e. The fourth-order valence-corrected chi connectivity index (χ4v) is 7.31. The van der Waals surface area contributed by atoms with Gasteiger partial charge in [0.1, 0.15) is 18.9 Å². The first-order valence-corrected chi connectivity index (χ1v) is 16.1. The number of hydrogen-bond donors (Lipinski definition) is 1. The Balaban J connectivity index is 1.37. The summed E-state index contributed by atoms with van der Waals surface area (Å²) in [4.78, 5) is 13.2. The zero-order chi connectivity index (χ0) is 29.6. The second-order valence-electron chi connectivity index (χ2n) is 9.80. The molecule has 3 aromatic carbocycles. The van der Waals surface area contributed by atoms with Gasteiger partial charge < -0.3 is 14.8 Å². The van der Waals surface area contributed by atoms with E-state index in [2.05, 4.69) is 5.32 Å². The molecule has 10 nitrogen and oxygen atoms in total. The van der Waals surface area contributed by atoms with E-state index in [0.717, 1.165) is 21.0 Å². The Morgan fingerprint density at radius 1 is 0.878 bits per heavy atom. The zero-order valence-electron chi connectivity index (χ0n) is 23.4. The molecule has 0 bridgehead atoms. The van der Waals surface area contributed by atoms with Crippen molar-refractivity contribution in [1.29, 1.82) is 0 Å². The first-order chi connectivity index (χ1) is 19.5. The quantitative estimate of drug-likeness (QED) is 0.335. The predicted octanol–water partition coefficient (Wildman–Crippen LogP) is 3.02. The standard InChI is InChI=1S/C29H35N3O7S2/c1-22-4-9-27(10-5-22)41(36,37)32(28-13-6-23(2)20-24(28)3)21-29(33)30-14-17-39-25-7-11-26(12-8-25)40(34,35)31-15-18-38-19-16-31/h4-13,20H,14-19,21H2,1-3H3,(H,30,33). The Morgan fingerprint density at radius 2 is 1.49 bits per heavy atom. The summed E-state index contributed by atoms with van der Waals surface area (Å²) in [6.07, 6.45) is 0. The van der Waals surface area contributed by atoms with Crippen LogP contribution in [0.2, 0.25) is 0 Å². The lowest BCUT2D eigenvalue weighted by molar-refractivity contribution is -0.119. The van der Waals surface area contributed by atoms with E-state index < -0.39 is 32.5 Å². The molecule has 1 saturated heterocycles. The van der Waals surface area contributed by atoms with Gasteiger partial charge in [0.25, 0.3) is 10.0 Å². The van der Waals surface area contributed by atoms with Crippen LogP contribution in [0.3, 0.4) is 0 Å². The van der Waals surface area contributed by atoms with E-state index in [-0.39, 0.29) is 22.9 Å². The summed E-state index contributed by atoms with van der Waals surface area (Å²) < 4.78 is 66.2. The average molecular weight is 602 g/mol. The fourth-order valence-electron chi connectivity index (χ4n) is 4.41. The molecule has 1 aliphatic rings. The van der Waals surface area contributed by atoms with Crippen molar-refractivity contribution in [3.63, 3.8) is 0 Å². The van der Waals surface area contributed by atoms with Crippen molar-refractivity contribution in [2.24, 2.45) is 0 Å². The van der Waals surface area contributed by atoms with Crippen LogP contribution in [0.5, 0.6) is 5.75 Å². The molecule has 41 heavy (non-hydrogen) atoms. The Morgan fingerprint density at radius 3 is 2.12 bits per heavy atom. The van der Waals surface area contributed by atoms with Crippen molar-refractivity contribution in [1.82, 2.24) is 9.62 Å². The number of aryl methyl sites for hydroxylation is 3. The maximum absolute atomic E-state index is 13.6. The lowest BCUT2D eigenvalue weighted by atomic mass is 10.1. The topological polar surface area (TPSA) is 122 Å². The maximum atomic E-state index is 13.6. The molecule has 0 aromatic heterocycles. The molecule has 1 heterocycles. The van der Waals surface area contributed by atoms with E-state index in [4.69, 9.17) is 9.47 Å². The van der Waals surface area contributed by atoms with Gasteiger partial charge in [-0.2, -0.15) is 4.31 Å². The number of rotatable bonds is 11. The molecule has 1 amide bonds. The van der Waals surface area contributed by atoms with Crippen molar-refractivity contribution in [2.45, 2.75) is 30.6 Å². The van der Waals surface area contributed by atoms with Gasteiger partial charge in [0.2, 0.25) is 15.9 Å². The number of carbonyl (C=O) groups excluding carboxylic acids is 1. The van der Waals surface area contributed by atoms with Gasteiger partial charge in [-0.15, -0.1) is 0 Å². The number of nitrogens with one attached hydrogen (secondary N) is 1. The summed E-state index contributed by atoms with van der Waals surface area (Å²) in [6.45, 7) is 6.78. The summed E-state index contributed by atoms with van der Waals surface area (Å²) in [7, 11) is -7.62. The number of anilines is 1. The number of amides is 1. The van der Waals surface area contributed by atoms with Crippen molar-refractivity contribution in [2.75, 3.05) is 50.3 Å². The van der Waals surface area contributed by atoms with Crippen molar-refractivity contribution < 1.29 is 31.1 Å². The number of carbonyl (C=O) groups is 1. The van der Waals surface area contributed by atoms with E-state index in [9.17, 15) is 21.6 Å². The van der Waals surface area contributed by atoms with E-state index in [1.807, 2.05) is 32.9 Å². The molecule has 1 aliphatic heterocycles. The Hall–Kier alpha value is -3.45. The summed E-state index contributed by atoms with van der Waals surface area (Å²) >= 11 is 0. The highest BCUT2D eigenvalue weighted by Crippen LogP contribution is 2.28. The molecule has 0 aliphatic carbocycles. The number of hydrogen-bond acceptors (Lipinski definition) is 7. The molecule has 3 aromatic rings. The molecule has 12 heteroatoms. The smallest absolute Gasteiger partial charge is 0.264 e. The van der Waals surface area contributed by atoms with Gasteiger partial charge in [-0.25, -0.2) is 16.8 Å². The Kier molecular flexibility index (Phi) is 9.69. The second-order valence-corrected chi connectivity index (χ2v) is 13.6. The first-order valence-electron chi connectivity index (χ1n) is 13.2. The van der Waals surface area contributed by atoms with Gasteiger partial charge in [0.15, 0.2) is 0 Å². The second kappa shape index (κ2) is 13.0. The van der Waals surface area contributed by atoms with Crippen LogP contribution in [0, 0.1) is 20.8 Å². The number of morpholine rings is 1. The van der Waals surface area contributed by atoms with E-state index in [1.165, 1.54) is 28.6 Å². The zero-order valence-corrected chi connectivity index (χ0v) is 25.0. The highest BCUT2D eigenvalue weighted by molar-refractivity contribution is 7.92. The van der Waals surface area contributed by atoms with Gasteiger partial charge in [0, 0.05) is 13.1 Å². The highest BCUT2D eigenvalue weighted by Gasteiger charge is 2.29. The summed E-state index contributed by atoms with van der Waals surface area (Å²) in [5.74, 6) is -0.0461. The van der Waals surface area contributed by atoms with E-state index in [0.29, 0.717) is 37.7 Å². The van der Waals surface area contributed by atoms with E-state index in [1.54, 1.807) is 30.3 Å². The number of benzene rings is 3. The van der Waals surface area contributed by atoms with Crippen LogP contribution >= 0.6 is 0 Å². The molecule has 0 spiro atoms. The van der Waals surface area contributed by atoms with Crippen molar-refractivity contribution in [3.8, 4) is 5.75 Å². The molecule has 0 radical (unpaired) electrons. The summed E-state index contributed by atoms with van der Waals surface area (Å²) in [6, 6.07) is 18.0.